The third kappa shape index (κ3) is 1.38. The van der Waals surface area contributed by atoms with Crippen LogP contribution in [0.1, 0.15) is 26.7 Å². The predicted octanol–water partition coefficient (Wildman–Crippen LogP) is 0.501. The van der Waals surface area contributed by atoms with Crippen LogP contribution in [0.5, 0.6) is 0 Å². The van der Waals surface area contributed by atoms with Gasteiger partial charge in [0.15, 0.2) is 0 Å². The summed E-state index contributed by atoms with van der Waals surface area (Å²) in [6, 6.07) is -0.645. The van der Waals surface area contributed by atoms with Crippen LogP contribution in [0.25, 0.3) is 0 Å². The van der Waals surface area contributed by atoms with E-state index in [1.54, 1.807) is 6.92 Å². The molecule has 1 N–H and O–H groups in total. The van der Waals surface area contributed by atoms with Crippen molar-refractivity contribution in [1.29, 1.82) is 0 Å². The average Bonchev–Trinajstić information content (AvgIpc) is 2.13. The summed E-state index contributed by atoms with van der Waals surface area (Å²) < 4.78 is 0. The molecule has 0 aromatic heterocycles. The van der Waals surface area contributed by atoms with Gasteiger partial charge in [0, 0.05) is 7.05 Å². The molecule has 1 aliphatic heterocycles. The Kier molecular flexibility index (Phi) is 2.59. The molecule has 1 atom stereocenters. The molecule has 1 aliphatic rings. The van der Waals surface area contributed by atoms with Crippen LogP contribution >= 0.6 is 0 Å². The van der Waals surface area contributed by atoms with Crippen LogP contribution in [0.15, 0.2) is 0 Å². The van der Waals surface area contributed by atoms with Gasteiger partial charge in [-0.1, -0.05) is 13.3 Å². The summed E-state index contributed by atoms with van der Waals surface area (Å²) in [6.45, 7) is 3.46. The number of hydrogen-bond donors (Lipinski definition) is 1. The zero-order chi connectivity index (χ0) is 10.9. The molecule has 0 saturated carbocycles. The largest absolute Gasteiger partial charge is 0.330 e. The van der Waals surface area contributed by atoms with Crippen LogP contribution in [0.2, 0.25) is 0 Å². The van der Waals surface area contributed by atoms with Crippen molar-refractivity contribution >= 4 is 17.8 Å². The number of urea groups is 1. The van der Waals surface area contributed by atoms with Crippen LogP contribution in [-0.2, 0) is 9.59 Å². The third-order valence-corrected chi connectivity index (χ3v) is 2.55. The first kappa shape index (κ1) is 10.7. The lowest BCUT2D eigenvalue weighted by Crippen LogP contribution is -2.61. The summed E-state index contributed by atoms with van der Waals surface area (Å²) >= 11 is 0. The molecule has 5 nitrogen and oxygen atoms in total. The van der Waals surface area contributed by atoms with Gasteiger partial charge in [0.25, 0.3) is 0 Å². The van der Waals surface area contributed by atoms with Gasteiger partial charge in [0.1, 0.15) is 5.41 Å². The molecule has 1 heterocycles. The Morgan fingerprint density at radius 1 is 1.36 bits per heavy atom. The van der Waals surface area contributed by atoms with E-state index in [0.29, 0.717) is 6.42 Å². The number of carbonyl (C=O) groups excluding carboxylic acids is 3. The molecule has 1 saturated heterocycles. The van der Waals surface area contributed by atoms with E-state index in [2.05, 4.69) is 5.32 Å². The maximum absolute atomic E-state index is 11.7. The standard InChI is InChI=1S/C9H14N2O3/c1-4-5-9(2)6(12)10-8(14)11(3)7(9)13/h4-5H2,1-3H3,(H,10,12,14). The van der Waals surface area contributed by atoms with Crippen LogP contribution < -0.4 is 5.32 Å². The minimum absolute atomic E-state index is 0.423. The van der Waals surface area contributed by atoms with Gasteiger partial charge in [-0.25, -0.2) is 4.79 Å². The van der Waals surface area contributed by atoms with Crippen molar-refractivity contribution in [2.75, 3.05) is 7.05 Å². The fourth-order valence-electron chi connectivity index (χ4n) is 1.60. The number of barbiturate groups is 1. The highest BCUT2D eigenvalue weighted by atomic mass is 16.2. The van der Waals surface area contributed by atoms with Crippen molar-refractivity contribution in [3.8, 4) is 0 Å². The van der Waals surface area contributed by atoms with Gasteiger partial charge < -0.3 is 0 Å². The van der Waals surface area contributed by atoms with Gasteiger partial charge in [0.2, 0.25) is 11.8 Å². The van der Waals surface area contributed by atoms with E-state index >= 15 is 0 Å². The zero-order valence-electron chi connectivity index (χ0n) is 8.59. The van der Waals surface area contributed by atoms with E-state index in [4.69, 9.17) is 0 Å². The molecule has 0 radical (unpaired) electrons. The first-order chi connectivity index (χ1) is 6.43. The van der Waals surface area contributed by atoms with E-state index in [1.807, 2.05) is 6.92 Å². The van der Waals surface area contributed by atoms with E-state index < -0.39 is 23.3 Å². The predicted molar refractivity (Wildman–Crippen MR) is 49.3 cm³/mol. The molecule has 1 rings (SSSR count). The number of nitrogens with one attached hydrogen (secondary N) is 1. The maximum atomic E-state index is 11.7. The number of imide groups is 2. The second-order valence-electron chi connectivity index (χ2n) is 3.71. The molecule has 0 spiro atoms. The Balaban J connectivity index is 3.00. The minimum Gasteiger partial charge on any atom is -0.277 e. The molecule has 1 fully saturated rings. The van der Waals surface area contributed by atoms with Gasteiger partial charge in [-0.05, 0) is 13.3 Å². The van der Waals surface area contributed by atoms with Gasteiger partial charge in [-0.2, -0.15) is 0 Å². The van der Waals surface area contributed by atoms with Gasteiger partial charge >= 0.3 is 6.03 Å². The Morgan fingerprint density at radius 3 is 2.43 bits per heavy atom. The van der Waals surface area contributed by atoms with Crippen LogP contribution in [-0.4, -0.2) is 29.8 Å². The molecule has 1 unspecified atom stereocenters. The Hall–Kier alpha value is -1.39. The zero-order valence-corrected chi connectivity index (χ0v) is 8.59. The number of hydrogen-bond acceptors (Lipinski definition) is 3. The van der Waals surface area contributed by atoms with Crippen molar-refractivity contribution in [3.05, 3.63) is 0 Å². The number of nitrogens with zero attached hydrogens (tertiary/aromatic N) is 1. The van der Waals surface area contributed by atoms with E-state index in [-0.39, 0.29) is 0 Å². The van der Waals surface area contributed by atoms with Gasteiger partial charge in [0.05, 0.1) is 0 Å². The third-order valence-electron chi connectivity index (χ3n) is 2.55. The molecular formula is C9H14N2O3. The first-order valence-corrected chi connectivity index (χ1v) is 4.57. The highest BCUT2D eigenvalue weighted by molar-refractivity contribution is 6.18. The lowest BCUT2D eigenvalue weighted by atomic mass is 9.82. The number of amides is 4. The molecule has 4 amide bonds. The molecule has 0 aliphatic carbocycles. The highest BCUT2D eigenvalue weighted by Gasteiger charge is 2.48. The second kappa shape index (κ2) is 3.40. The van der Waals surface area contributed by atoms with Crippen LogP contribution in [0.3, 0.4) is 0 Å². The van der Waals surface area contributed by atoms with E-state index in [1.165, 1.54) is 7.05 Å². The van der Waals surface area contributed by atoms with Crippen LogP contribution in [0.4, 0.5) is 4.79 Å². The number of rotatable bonds is 2. The molecule has 14 heavy (non-hydrogen) atoms. The summed E-state index contributed by atoms with van der Waals surface area (Å²) in [6.07, 6.45) is 1.17. The monoisotopic (exact) mass is 198 g/mol. The maximum Gasteiger partial charge on any atom is 0.330 e. The van der Waals surface area contributed by atoms with Gasteiger partial charge in [-0.3, -0.25) is 19.8 Å². The summed E-state index contributed by atoms with van der Waals surface area (Å²) in [7, 11) is 1.37. The highest BCUT2D eigenvalue weighted by Crippen LogP contribution is 2.28. The Bertz CT molecular complexity index is 300. The van der Waals surface area contributed by atoms with Crippen molar-refractivity contribution in [3.63, 3.8) is 0 Å². The van der Waals surface area contributed by atoms with Crippen molar-refractivity contribution in [2.24, 2.45) is 5.41 Å². The Labute approximate surface area is 82.4 Å². The molecule has 78 valence electrons. The minimum atomic E-state index is -1.09. The lowest BCUT2D eigenvalue weighted by molar-refractivity contribution is -0.149. The fourth-order valence-corrected chi connectivity index (χ4v) is 1.60. The van der Waals surface area contributed by atoms with Crippen LogP contribution in [0, 0.1) is 5.41 Å². The second-order valence-corrected chi connectivity index (χ2v) is 3.71. The number of carbonyl (C=O) groups is 3. The first-order valence-electron chi connectivity index (χ1n) is 4.57. The fraction of sp³-hybridized carbons (Fsp3) is 0.667. The van der Waals surface area contributed by atoms with Crippen molar-refractivity contribution in [1.82, 2.24) is 10.2 Å². The molecular weight excluding hydrogens is 184 g/mol. The summed E-state index contributed by atoms with van der Waals surface area (Å²) in [5.74, 6) is -0.916. The molecule has 0 bridgehead atoms. The average molecular weight is 198 g/mol. The molecule has 5 heteroatoms. The normalized spacial score (nSPS) is 27.9. The van der Waals surface area contributed by atoms with E-state index in [0.717, 1.165) is 11.3 Å². The molecule has 0 aromatic carbocycles. The topological polar surface area (TPSA) is 66.5 Å². The summed E-state index contributed by atoms with van der Waals surface area (Å²) in [5.41, 5.74) is -1.09. The van der Waals surface area contributed by atoms with Gasteiger partial charge in [-0.15, -0.1) is 0 Å². The van der Waals surface area contributed by atoms with E-state index in [9.17, 15) is 14.4 Å². The SMILES string of the molecule is CCCC1(C)C(=O)NC(=O)N(C)C1=O. The Morgan fingerprint density at radius 2 is 1.93 bits per heavy atom. The quantitative estimate of drug-likeness (QED) is 0.657. The lowest BCUT2D eigenvalue weighted by Gasteiger charge is -2.34. The summed E-state index contributed by atoms with van der Waals surface area (Å²) in [5, 5.41) is 2.16. The molecule has 0 aromatic rings. The van der Waals surface area contributed by atoms with Crippen molar-refractivity contribution in [2.45, 2.75) is 26.7 Å². The summed E-state index contributed by atoms with van der Waals surface area (Å²) in [4.78, 5) is 35.2. The smallest absolute Gasteiger partial charge is 0.277 e. The van der Waals surface area contributed by atoms with Crippen molar-refractivity contribution < 1.29 is 14.4 Å².